The lowest BCUT2D eigenvalue weighted by atomic mass is 10.0. The Morgan fingerprint density at radius 2 is 0.527 bits per heavy atom. The molecule has 14 rings (SSSR count). The molecule has 0 N–H and O–H groups in total. The molecule has 0 aliphatic heterocycles. The molecule has 0 spiro atoms. The van der Waals surface area contributed by atoms with E-state index in [1.165, 1.54) is 0 Å². The van der Waals surface area contributed by atoms with Gasteiger partial charge in [0.1, 0.15) is 0 Å². The minimum absolute atomic E-state index is 0.548. The van der Waals surface area contributed by atoms with E-state index >= 15 is 0 Å². The molecule has 0 saturated carbocycles. The van der Waals surface area contributed by atoms with Crippen molar-refractivity contribution in [2.45, 2.75) is 0 Å². The highest BCUT2D eigenvalue weighted by Gasteiger charge is 2.22. The van der Waals surface area contributed by atoms with E-state index in [-0.39, 0.29) is 0 Å². The van der Waals surface area contributed by atoms with Crippen LogP contribution in [-0.2, 0) is 0 Å². The molecule has 9 nitrogen and oxygen atoms in total. The third-order valence-corrected chi connectivity index (χ3v) is 13.7. The zero-order valence-electron chi connectivity index (χ0n) is 39.7. The van der Waals surface area contributed by atoms with Gasteiger partial charge in [0, 0.05) is 96.7 Å². The summed E-state index contributed by atoms with van der Waals surface area (Å²) in [6, 6.07) is 77.7. The molecule has 0 saturated heterocycles. The Morgan fingerprint density at radius 3 is 0.824 bits per heavy atom. The highest BCUT2D eigenvalue weighted by Crippen LogP contribution is 2.41. The van der Waals surface area contributed by atoms with Gasteiger partial charge in [-0.05, 0) is 115 Å². The number of hydrogen-bond acceptors (Lipinski definition) is 7. The van der Waals surface area contributed by atoms with E-state index in [0.717, 1.165) is 117 Å². The smallest absolute Gasteiger partial charge is 0.164 e. The summed E-state index contributed by atoms with van der Waals surface area (Å²) < 4.78 is 4.73. The van der Waals surface area contributed by atoms with Crippen molar-refractivity contribution in [1.82, 2.24) is 44.0 Å². The zero-order chi connectivity index (χ0) is 49.0. The van der Waals surface area contributed by atoms with Crippen molar-refractivity contribution in [3.63, 3.8) is 0 Å². The molecule has 346 valence electrons. The number of aromatic nitrogens is 9. The third kappa shape index (κ3) is 7.55. The van der Waals surface area contributed by atoms with Gasteiger partial charge in [-0.1, -0.05) is 109 Å². The SMILES string of the molecule is c1ccc(-c2nc(-c3ccccc3)nc(-c3cc(-n4c5ccc(-c6ccccn6)cc5c5cc(-c6ccccn6)ccc54)cc(-n4c5ccc(-c6ccccn6)cc5c5cc(-c6ccccn6)ccc54)c3)n2)cc1. The number of hydrogen-bond donors (Lipinski definition) is 0. The monoisotopic (exact) mass is 947 g/mol. The molecule has 0 atom stereocenters. The molecule has 7 aromatic heterocycles. The normalized spacial score (nSPS) is 11.5. The minimum Gasteiger partial charge on any atom is -0.309 e. The molecule has 0 aliphatic rings. The molecule has 0 fully saturated rings. The van der Waals surface area contributed by atoms with Crippen molar-refractivity contribution in [3.8, 4) is 90.6 Å². The molecule has 0 unspecified atom stereocenters. The fraction of sp³-hybridized carbons (Fsp3) is 0. The number of pyridine rings is 4. The molecular formula is C65H41N9. The maximum absolute atomic E-state index is 5.31. The lowest BCUT2D eigenvalue weighted by Crippen LogP contribution is -2.03. The van der Waals surface area contributed by atoms with Gasteiger partial charge in [-0.3, -0.25) is 19.9 Å². The molecule has 9 heteroatoms. The summed E-state index contributed by atoms with van der Waals surface area (Å²) in [5.74, 6) is 1.72. The number of fused-ring (bicyclic) bond motifs is 6. The molecule has 14 aromatic rings. The first kappa shape index (κ1) is 42.6. The van der Waals surface area contributed by atoms with Crippen molar-refractivity contribution in [1.29, 1.82) is 0 Å². The Bertz CT molecular complexity index is 3920. The van der Waals surface area contributed by atoms with Crippen LogP contribution in [0.5, 0.6) is 0 Å². The van der Waals surface area contributed by atoms with Crippen LogP contribution in [0.25, 0.3) is 134 Å². The van der Waals surface area contributed by atoms with Gasteiger partial charge in [0.2, 0.25) is 0 Å². The molecule has 7 aromatic carbocycles. The largest absolute Gasteiger partial charge is 0.309 e. The predicted octanol–water partition coefficient (Wildman–Crippen LogP) is 15.3. The average Bonchev–Trinajstić information content (AvgIpc) is 3.99. The van der Waals surface area contributed by atoms with Crippen LogP contribution in [-0.4, -0.2) is 44.0 Å². The van der Waals surface area contributed by atoms with Crippen LogP contribution in [0.1, 0.15) is 0 Å². The number of benzene rings is 7. The fourth-order valence-corrected chi connectivity index (χ4v) is 10.3. The average molecular weight is 948 g/mol. The van der Waals surface area contributed by atoms with Crippen molar-refractivity contribution in [2.75, 3.05) is 0 Å². The third-order valence-electron chi connectivity index (χ3n) is 13.7. The van der Waals surface area contributed by atoms with Crippen LogP contribution in [0.3, 0.4) is 0 Å². The van der Waals surface area contributed by atoms with Gasteiger partial charge in [0.05, 0.1) is 44.8 Å². The lowest BCUT2D eigenvalue weighted by molar-refractivity contribution is 1.07. The summed E-state index contributed by atoms with van der Waals surface area (Å²) in [4.78, 5) is 34.7. The second-order valence-corrected chi connectivity index (χ2v) is 18.2. The van der Waals surface area contributed by atoms with Gasteiger partial charge in [-0.25, -0.2) is 15.0 Å². The zero-order valence-corrected chi connectivity index (χ0v) is 39.7. The van der Waals surface area contributed by atoms with E-state index in [0.29, 0.717) is 17.5 Å². The van der Waals surface area contributed by atoms with Gasteiger partial charge >= 0.3 is 0 Å². The molecule has 7 heterocycles. The van der Waals surface area contributed by atoms with E-state index in [1.807, 2.05) is 134 Å². The quantitative estimate of drug-likeness (QED) is 0.142. The second-order valence-electron chi connectivity index (χ2n) is 18.2. The molecule has 0 bridgehead atoms. The molecule has 0 radical (unpaired) electrons. The van der Waals surface area contributed by atoms with E-state index in [1.54, 1.807) is 0 Å². The molecule has 74 heavy (non-hydrogen) atoms. The topological polar surface area (TPSA) is 100 Å². The van der Waals surface area contributed by atoms with Crippen LogP contribution in [0, 0.1) is 0 Å². The van der Waals surface area contributed by atoms with Crippen molar-refractivity contribution in [2.24, 2.45) is 0 Å². The summed E-state index contributed by atoms with van der Waals surface area (Å²) >= 11 is 0. The summed E-state index contributed by atoms with van der Waals surface area (Å²) in [6.07, 6.45) is 7.37. The maximum Gasteiger partial charge on any atom is 0.164 e. The predicted molar refractivity (Wildman–Crippen MR) is 298 cm³/mol. The van der Waals surface area contributed by atoms with Crippen molar-refractivity contribution < 1.29 is 0 Å². The Kier molecular flexibility index (Phi) is 10.3. The summed E-state index contributed by atoms with van der Waals surface area (Å²) in [5.41, 5.74) is 16.4. The van der Waals surface area contributed by atoms with Crippen molar-refractivity contribution in [3.05, 3.63) is 249 Å². The first-order chi connectivity index (χ1) is 36.7. The minimum atomic E-state index is 0.548. The Hall–Kier alpha value is -10.3. The highest BCUT2D eigenvalue weighted by molar-refractivity contribution is 6.13. The van der Waals surface area contributed by atoms with E-state index in [2.05, 4.69) is 124 Å². The van der Waals surface area contributed by atoms with Crippen LogP contribution >= 0.6 is 0 Å². The summed E-state index contributed by atoms with van der Waals surface area (Å²) in [7, 11) is 0. The van der Waals surface area contributed by atoms with E-state index in [9.17, 15) is 0 Å². The van der Waals surface area contributed by atoms with Crippen molar-refractivity contribution >= 4 is 43.6 Å². The standard InChI is InChI=1S/C65H41N9/c1-3-15-42(16-4-1)63-70-64(43-17-5-2-6-18-43)72-65(71-63)48-35-49(73-59-27-23-44(55-19-7-11-31-66-55)37-51(59)52-38-45(24-28-60(52)73)56-20-8-12-32-67-56)41-50(36-48)74-61-29-25-46(57-21-9-13-33-68-57)39-53(61)54-40-47(26-30-62(54)74)58-22-10-14-34-69-58/h1-41H. The summed E-state index contributed by atoms with van der Waals surface area (Å²) in [5, 5.41) is 4.36. The van der Waals surface area contributed by atoms with Crippen LogP contribution < -0.4 is 0 Å². The lowest BCUT2D eigenvalue weighted by Gasteiger charge is -2.16. The second kappa shape index (κ2) is 17.9. The van der Waals surface area contributed by atoms with Crippen LogP contribution in [0.4, 0.5) is 0 Å². The first-order valence-electron chi connectivity index (χ1n) is 24.5. The van der Waals surface area contributed by atoms with Gasteiger partial charge in [0.25, 0.3) is 0 Å². The van der Waals surface area contributed by atoms with E-state index < -0.39 is 0 Å². The van der Waals surface area contributed by atoms with Gasteiger partial charge < -0.3 is 9.13 Å². The Labute approximate surface area is 425 Å². The molecular weight excluding hydrogens is 907 g/mol. The highest BCUT2D eigenvalue weighted by atomic mass is 15.0. The van der Waals surface area contributed by atoms with Crippen LogP contribution in [0.2, 0.25) is 0 Å². The number of rotatable bonds is 9. The molecule has 0 aliphatic carbocycles. The Morgan fingerprint density at radius 1 is 0.230 bits per heavy atom. The maximum atomic E-state index is 5.31. The van der Waals surface area contributed by atoms with Gasteiger partial charge in [-0.2, -0.15) is 0 Å². The van der Waals surface area contributed by atoms with Crippen LogP contribution in [0.15, 0.2) is 249 Å². The van der Waals surface area contributed by atoms with Gasteiger partial charge in [-0.15, -0.1) is 0 Å². The fourth-order valence-electron chi connectivity index (χ4n) is 10.3. The Balaban J connectivity index is 1.07. The summed E-state index contributed by atoms with van der Waals surface area (Å²) in [6.45, 7) is 0. The van der Waals surface area contributed by atoms with Gasteiger partial charge in [0.15, 0.2) is 17.5 Å². The van der Waals surface area contributed by atoms with E-state index in [4.69, 9.17) is 34.9 Å². The molecule has 0 amide bonds. The first-order valence-corrected chi connectivity index (χ1v) is 24.5. The number of nitrogens with zero attached hydrogens (tertiary/aromatic N) is 9.